The summed E-state index contributed by atoms with van der Waals surface area (Å²) in [6, 6.07) is 12.0. The zero-order valence-corrected chi connectivity index (χ0v) is 14.7. The van der Waals surface area contributed by atoms with Crippen molar-refractivity contribution in [1.29, 1.82) is 0 Å². The van der Waals surface area contributed by atoms with Crippen LogP contribution in [0.25, 0.3) is 10.2 Å². The summed E-state index contributed by atoms with van der Waals surface area (Å²) < 4.78 is 2.59. The summed E-state index contributed by atoms with van der Waals surface area (Å²) in [7, 11) is 0. The van der Waals surface area contributed by atoms with Gasteiger partial charge in [0.05, 0.1) is 10.2 Å². The minimum Gasteiger partial charge on any atom is -0.308 e. The molecule has 5 nitrogen and oxygen atoms in total. The molecule has 3 aromatic rings. The van der Waals surface area contributed by atoms with E-state index < -0.39 is 0 Å². The zero-order chi connectivity index (χ0) is 17.3. The minimum atomic E-state index is -0.354. The Labute approximate surface area is 147 Å². The summed E-state index contributed by atoms with van der Waals surface area (Å²) in [5, 5.41) is 6.10. The van der Waals surface area contributed by atoms with Gasteiger partial charge in [-0.05, 0) is 56.3 Å². The molecule has 2 N–H and O–H groups in total. The van der Waals surface area contributed by atoms with Crippen LogP contribution in [0.3, 0.4) is 0 Å². The summed E-state index contributed by atoms with van der Waals surface area (Å²) in [5.41, 5.74) is 2.16. The maximum atomic E-state index is 12.1. The average Bonchev–Trinajstić information content (AvgIpc) is 2.84. The number of urea groups is 1. The highest BCUT2D eigenvalue weighted by molar-refractivity contribution is 7.16. The van der Waals surface area contributed by atoms with Crippen LogP contribution in [0.4, 0.5) is 16.2 Å². The van der Waals surface area contributed by atoms with Crippen molar-refractivity contribution in [2.75, 3.05) is 10.6 Å². The zero-order valence-electron chi connectivity index (χ0n) is 13.2. The third kappa shape index (κ3) is 3.44. The Bertz CT molecular complexity index is 945. The first-order chi connectivity index (χ1) is 11.4. The van der Waals surface area contributed by atoms with Crippen molar-refractivity contribution in [1.82, 2.24) is 4.57 Å². The van der Waals surface area contributed by atoms with E-state index in [1.807, 2.05) is 26.0 Å². The first-order valence-electron chi connectivity index (χ1n) is 7.42. The number of halogens is 1. The van der Waals surface area contributed by atoms with E-state index in [1.165, 1.54) is 11.3 Å². The fourth-order valence-corrected chi connectivity index (χ4v) is 3.61. The van der Waals surface area contributed by atoms with Gasteiger partial charge in [0, 0.05) is 22.4 Å². The molecule has 0 saturated carbocycles. The molecule has 0 spiro atoms. The smallest absolute Gasteiger partial charge is 0.308 e. The molecule has 1 aromatic heterocycles. The van der Waals surface area contributed by atoms with E-state index >= 15 is 0 Å². The van der Waals surface area contributed by atoms with Crippen LogP contribution in [0.1, 0.15) is 19.9 Å². The van der Waals surface area contributed by atoms with Gasteiger partial charge in [-0.3, -0.25) is 9.36 Å². The van der Waals surface area contributed by atoms with Gasteiger partial charge in [-0.1, -0.05) is 22.9 Å². The molecule has 2 amide bonds. The number of hydrogen-bond acceptors (Lipinski definition) is 3. The highest BCUT2D eigenvalue weighted by atomic mass is 35.5. The molecule has 0 atom stereocenters. The first kappa shape index (κ1) is 16.5. The van der Waals surface area contributed by atoms with Crippen molar-refractivity contribution in [3.8, 4) is 0 Å². The van der Waals surface area contributed by atoms with Crippen molar-refractivity contribution in [3.63, 3.8) is 0 Å². The highest BCUT2D eigenvalue weighted by Crippen LogP contribution is 2.24. The van der Waals surface area contributed by atoms with Gasteiger partial charge < -0.3 is 10.6 Å². The van der Waals surface area contributed by atoms with E-state index in [9.17, 15) is 9.59 Å². The Morgan fingerprint density at radius 2 is 1.71 bits per heavy atom. The lowest BCUT2D eigenvalue weighted by Crippen LogP contribution is -2.19. The molecule has 0 unspecified atom stereocenters. The van der Waals surface area contributed by atoms with Gasteiger partial charge in [-0.25, -0.2) is 4.79 Å². The predicted octanol–water partition coefficient (Wildman–Crippen LogP) is 4.94. The standard InChI is InChI=1S/C17H16ClN3O2S/c1-10(2)21-14-8-7-13(9-15(14)24-17(21)23)20-16(22)19-12-5-3-11(18)4-6-12/h3-10H,1-2H3,(H2,19,20,22). The number of thiazole rings is 1. The van der Waals surface area contributed by atoms with Crippen LogP contribution in [0, 0.1) is 0 Å². The Morgan fingerprint density at radius 3 is 2.38 bits per heavy atom. The number of anilines is 2. The van der Waals surface area contributed by atoms with Crippen molar-refractivity contribution < 1.29 is 4.79 Å². The molecular weight excluding hydrogens is 346 g/mol. The van der Waals surface area contributed by atoms with Crippen LogP contribution in [0.2, 0.25) is 5.02 Å². The summed E-state index contributed by atoms with van der Waals surface area (Å²) in [4.78, 5) is 24.1. The van der Waals surface area contributed by atoms with Crippen molar-refractivity contribution in [2.45, 2.75) is 19.9 Å². The average molecular weight is 362 g/mol. The van der Waals surface area contributed by atoms with Crippen LogP contribution in [-0.2, 0) is 0 Å². The second kappa shape index (κ2) is 6.67. The van der Waals surface area contributed by atoms with Crippen molar-refractivity contribution in [2.24, 2.45) is 0 Å². The molecule has 0 aliphatic heterocycles. The molecule has 0 aliphatic carbocycles. The van der Waals surface area contributed by atoms with Crippen LogP contribution in [-0.4, -0.2) is 10.6 Å². The van der Waals surface area contributed by atoms with E-state index in [4.69, 9.17) is 11.6 Å². The largest absolute Gasteiger partial charge is 0.323 e. The Kier molecular flexibility index (Phi) is 4.59. The second-order valence-corrected chi connectivity index (χ2v) is 7.03. The quantitative estimate of drug-likeness (QED) is 0.693. The summed E-state index contributed by atoms with van der Waals surface area (Å²) in [6.45, 7) is 3.94. The van der Waals surface area contributed by atoms with E-state index in [1.54, 1.807) is 34.9 Å². The van der Waals surface area contributed by atoms with E-state index in [0.29, 0.717) is 16.4 Å². The summed E-state index contributed by atoms with van der Waals surface area (Å²) in [6.07, 6.45) is 0. The van der Waals surface area contributed by atoms with E-state index in [-0.39, 0.29) is 16.9 Å². The maximum Gasteiger partial charge on any atom is 0.323 e. The third-order valence-corrected chi connectivity index (χ3v) is 4.66. The predicted molar refractivity (Wildman–Crippen MR) is 101 cm³/mol. The molecule has 3 rings (SSSR count). The summed E-state index contributed by atoms with van der Waals surface area (Å²) >= 11 is 6.99. The lowest BCUT2D eigenvalue weighted by Gasteiger charge is -2.09. The van der Waals surface area contributed by atoms with Gasteiger partial charge in [0.15, 0.2) is 0 Å². The number of nitrogens with zero attached hydrogens (tertiary/aromatic N) is 1. The van der Waals surface area contributed by atoms with Gasteiger partial charge in [-0.15, -0.1) is 0 Å². The topological polar surface area (TPSA) is 63.1 Å². The molecule has 0 bridgehead atoms. The molecule has 2 aromatic carbocycles. The Balaban J connectivity index is 1.79. The van der Waals surface area contributed by atoms with Gasteiger partial charge in [0.2, 0.25) is 0 Å². The number of hydrogen-bond donors (Lipinski definition) is 2. The van der Waals surface area contributed by atoms with Gasteiger partial charge in [-0.2, -0.15) is 0 Å². The number of rotatable bonds is 3. The molecule has 7 heteroatoms. The van der Waals surface area contributed by atoms with E-state index in [2.05, 4.69) is 10.6 Å². The van der Waals surface area contributed by atoms with Crippen LogP contribution in [0.15, 0.2) is 47.3 Å². The maximum absolute atomic E-state index is 12.1. The van der Waals surface area contributed by atoms with Gasteiger partial charge in [0.1, 0.15) is 0 Å². The lowest BCUT2D eigenvalue weighted by atomic mass is 10.2. The third-order valence-electron chi connectivity index (χ3n) is 3.49. The fourth-order valence-electron chi connectivity index (χ4n) is 2.43. The number of benzene rings is 2. The minimum absolute atomic E-state index is 0.00256. The lowest BCUT2D eigenvalue weighted by molar-refractivity contribution is 0.262. The SMILES string of the molecule is CC(C)n1c(=O)sc2cc(NC(=O)Nc3ccc(Cl)cc3)ccc21. The Hall–Kier alpha value is -2.31. The van der Waals surface area contributed by atoms with Gasteiger partial charge >= 0.3 is 10.9 Å². The number of aromatic nitrogens is 1. The number of nitrogens with one attached hydrogen (secondary N) is 2. The van der Waals surface area contributed by atoms with Crippen LogP contribution in [0.5, 0.6) is 0 Å². The number of amides is 2. The Morgan fingerprint density at radius 1 is 1.08 bits per heavy atom. The molecular formula is C17H16ClN3O2S. The molecule has 0 saturated heterocycles. The molecule has 0 fully saturated rings. The van der Waals surface area contributed by atoms with Gasteiger partial charge in [0.25, 0.3) is 0 Å². The molecule has 1 heterocycles. The number of fused-ring (bicyclic) bond motifs is 1. The van der Waals surface area contributed by atoms with E-state index in [0.717, 1.165) is 10.2 Å². The second-order valence-electron chi connectivity index (χ2n) is 5.60. The highest BCUT2D eigenvalue weighted by Gasteiger charge is 2.11. The fraction of sp³-hybridized carbons (Fsp3) is 0.176. The molecule has 24 heavy (non-hydrogen) atoms. The number of carbonyl (C=O) groups is 1. The van der Waals surface area contributed by atoms with Crippen molar-refractivity contribution in [3.05, 3.63) is 57.2 Å². The number of carbonyl (C=O) groups excluding carboxylic acids is 1. The normalized spacial score (nSPS) is 11.0. The molecule has 0 aliphatic rings. The first-order valence-corrected chi connectivity index (χ1v) is 8.62. The van der Waals surface area contributed by atoms with Crippen LogP contribution < -0.4 is 15.5 Å². The summed E-state index contributed by atoms with van der Waals surface area (Å²) in [5.74, 6) is 0. The molecule has 0 radical (unpaired) electrons. The van der Waals surface area contributed by atoms with Crippen LogP contribution >= 0.6 is 22.9 Å². The van der Waals surface area contributed by atoms with Crippen molar-refractivity contribution >= 4 is 50.6 Å². The molecule has 124 valence electrons. The monoisotopic (exact) mass is 361 g/mol.